The van der Waals surface area contributed by atoms with Crippen LogP contribution in [-0.4, -0.2) is 28.1 Å². The van der Waals surface area contributed by atoms with Crippen molar-refractivity contribution < 1.29 is 19.4 Å². The maximum atomic E-state index is 12.5. The van der Waals surface area contributed by atoms with Gasteiger partial charge in [-0.05, 0) is 17.5 Å². The third kappa shape index (κ3) is 2.85. The van der Waals surface area contributed by atoms with Crippen molar-refractivity contribution in [2.75, 3.05) is 0 Å². The van der Waals surface area contributed by atoms with E-state index in [2.05, 4.69) is 0 Å². The van der Waals surface area contributed by atoms with E-state index in [-0.39, 0.29) is 0 Å². The van der Waals surface area contributed by atoms with Crippen LogP contribution in [0.25, 0.3) is 0 Å². The molecule has 24 heavy (non-hydrogen) atoms. The lowest BCUT2D eigenvalue weighted by Gasteiger charge is -2.29. The van der Waals surface area contributed by atoms with E-state index in [0.29, 0.717) is 6.42 Å². The lowest BCUT2D eigenvalue weighted by molar-refractivity contribution is -0.142. The van der Waals surface area contributed by atoms with Gasteiger partial charge < -0.3 is 9.84 Å². The van der Waals surface area contributed by atoms with Crippen molar-refractivity contribution in [3.63, 3.8) is 0 Å². The molecule has 1 unspecified atom stereocenters. The van der Waals surface area contributed by atoms with Crippen molar-refractivity contribution in [3.05, 3.63) is 71.8 Å². The summed E-state index contributed by atoms with van der Waals surface area (Å²) in [7, 11) is 0. The number of carboxylic acid groups (broad SMARTS) is 1. The SMILES string of the molecule is CCC(C(=O)O)N1C(=O)O[C@H](c2ccccc2)[C@@H]1c1ccccc1. The van der Waals surface area contributed by atoms with Crippen LogP contribution in [-0.2, 0) is 9.53 Å². The molecule has 3 rings (SSSR count). The molecule has 124 valence electrons. The molecule has 0 saturated carbocycles. The number of carbonyl (C=O) groups excluding carboxylic acids is 1. The molecule has 5 nitrogen and oxygen atoms in total. The molecular formula is C19H19NO4. The van der Waals surface area contributed by atoms with E-state index < -0.39 is 30.3 Å². The molecule has 1 aliphatic heterocycles. The molecule has 0 aliphatic carbocycles. The van der Waals surface area contributed by atoms with Gasteiger partial charge in [-0.25, -0.2) is 9.59 Å². The summed E-state index contributed by atoms with van der Waals surface area (Å²) in [5, 5.41) is 9.52. The number of ether oxygens (including phenoxy) is 1. The van der Waals surface area contributed by atoms with Crippen LogP contribution in [0.1, 0.15) is 36.6 Å². The normalized spacial score (nSPS) is 21.4. The highest BCUT2D eigenvalue weighted by molar-refractivity contribution is 5.81. The number of carbonyl (C=O) groups is 2. The lowest BCUT2D eigenvalue weighted by atomic mass is 9.94. The quantitative estimate of drug-likeness (QED) is 0.908. The predicted octanol–water partition coefficient (Wildman–Crippen LogP) is 3.78. The Morgan fingerprint density at radius 1 is 1.08 bits per heavy atom. The molecule has 2 aromatic rings. The topological polar surface area (TPSA) is 66.8 Å². The highest BCUT2D eigenvalue weighted by Crippen LogP contribution is 2.44. The maximum Gasteiger partial charge on any atom is 0.411 e. The first-order valence-electron chi connectivity index (χ1n) is 7.95. The zero-order valence-electron chi connectivity index (χ0n) is 13.3. The highest BCUT2D eigenvalue weighted by atomic mass is 16.6. The van der Waals surface area contributed by atoms with Gasteiger partial charge in [-0.2, -0.15) is 0 Å². The van der Waals surface area contributed by atoms with Gasteiger partial charge in [-0.3, -0.25) is 4.90 Å². The zero-order valence-corrected chi connectivity index (χ0v) is 13.3. The molecule has 2 aromatic carbocycles. The van der Waals surface area contributed by atoms with Gasteiger partial charge in [0.2, 0.25) is 0 Å². The molecule has 1 amide bonds. The fraction of sp³-hybridized carbons (Fsp3) is 0.263. The molecule has 1 saturated heterocycles. The number of amides is 1. The van der Waals surface area contributed by atoms with Crippen molar-refractivity contribution in [1.29, 1.82) is 0 Å². The van der Waals surface area contributed by atoms with Gasteiger partial charge >= 0.3 is 12.1 Å². The third-order valence-corrected chi connectivity index (χ3v) is 4.30. The average molecular weight is 325 g/mol. The second kappa shape index (κ2) is 6.74. The number of aliphatic carboxylic acids is 1. The Balaban J connectivity index is 2.08. The fourth-order valence-corrected chi connectivity index (χ4v) is 3.18. The third-order valence-electron chi connectivity index (χ3n) is 4.30. The van der Waals surface area contributed by atoms with Gasteiger partial charge in [0.15, 0.2) is 6.10 Å². The summed E-state index contributed by atoms with van der Waals surface area (Å²) in [6.07, 6.45) is -0.809. The van der Waals surface area contributed by atoms with Crippen LogP contribution in [0.15, 0.2) is 60.7 Å². The summed E-state index contributed by atoms with van der Waals surface area (Å²) in [5.41, 5.74) is 1.71. The maximum absolute atomic E-state index is 12.5. The van der Waals surface area contributed by atoms with Crippen LogP contribution in [0.5, 0.6) is 0 Å². The number of hydrogen-bond acceptors (Lipinski definition) is 3. The minimum atomic E-state index is -1.02. The first-order chi connectivity index (χ1) is 11.6. The van der Waals surface area contributed by atoms with Crippen LogP contribution in [0.3, 0.4) is 0 Å². The summed E-state index contributed by atoms with van der Waals surface area (Å²) in [4.78, 5) is 25.5. The molecule has 1 fully saturated rings. The Labute approximate surface area is 140 Å². The van der Waals surface area contributed by atoms with Crippen molar-refractivity contribution in [1.82, 2.24) is 4.90 Å². The summed E-state index contributed by atoms with van der Waals surface area (Å²) in [6.45, 7) is 1.75. The minimum absolute atomic E-state index is 0.315. The van der Waals surface area contributed by atoms with E-state index in [9.17, 15) is 14.7 Å². The van der Waals surface area contributed by atoms with Gasteiger partial charge in [0.05, 0.1) is 0 Å². The van der Waals surface area contributed by atoms with E-state index in [1.54, 1.807) is 6.92 Å². The van der Waals surface area contributed by atoms with Gasteiger partial charge in [-0.1, -0.05) is 67.6 Å². The smallest absolute Gasteiger partial charge is 0.411 e. The van der Waals surface area contributed by atoms with E-state index >= 15 is 0 Å². The predicted molar refractivity (Wildman–Crippen MR) is 88.4 cm³/mol. The van der Waals surface area contributed by atoms with E-state index in [4.69, 9.17) is 4.74 Å². The summed E-state index contributed by atoms with van der Waals surface area (Å²) in [5.74, 6) is -1.02. The lowest BCUT2D eigenvalue weighted by Crippen LogP contribution is -2.43. The van der Waals surface area contributed by atoms with Gasteiger partial charge in [-0.15, -0.1) is 0 Å². The summed E-state index contributed by atoms with van der Waals surface area (Å²) >= 11 is 0. The van der Waals surface area contributed by atoms with Crippen molar-refractivity contribution >= 4 is 12.1 Å². The molecular weight excluding hydrogens is 306 g/mol. The molecule has 5 heteroatoms. The Morgan fingerprint density at radius 2 is 1.62 bits per heavy atom. The largest absolute Gasteiger partial charge is 0.480 e. The first-order valence-corrected chi connectivity index (χ1v) is 7.95. The Bertz CT molecular complexity index is 717. The molecule has 0 radical (unpaired) electrons. The van der Waals surface area contributed by atoms with Gasteiger partial charge in [0, 0.05) is 0 Å². The number of benzene rings is 2. The van der Waals surface area contributed by atoms with Crippen molar-refractivity contribution in [2.45, 2.75) is 31.5 Å². The standard InChI is InChI=1S/C19H19NO4/c1-2-15(18(21)22)20-16(13-9-5-3-6-10-13)17(24-19(20)23)14-11-7-4-8-12-14/h3-12,15-17H,2H2,1H3,(H,21,22)/t15?,16-,17+/m0/s1. The fourth-order valence-electron chi connectivity index (χ4n) is 3.18. The molecule has 0 bridgehead atoms. The number of rotatable bonds is 5. The van der Waals surface area contributed by atoms with Gasteiger partial charge in [0.25, 0.3) is 0 Å². The average Bonchev–Trinajstić information content (AvgIpc) is 2.94. The van der Waals surface area contributed by atoms with Crippen LogP contribution in [0, 0.1) is 0 Å². The molecule has 1 heterocycles. The van der Waals surface area contributed by atoms with Crippen molar-refractivity contribution in [3.8, 4) is 0 Å². The number of carboxylic acids is 1. The monoisotopic (exact) mass is 325 g/mol. The van der Waals surface area contributed by atoms with E-state index in [0.717, 1.165) is 11.1 Å². The number of nitrogens with zero attached hydrogens (tertiary/aromatic N) is 1. The molecule has 1 N–H and O–H groups in total. The summed E-state index contributed by atoms with van der Waals surface area (Å²) in [6, 6.07) is 17.5. The Morgan fingerprint density at radius 3 is 2.12 bits per heavy atom. The van der Waals surface area contributed by atoms with Crippen LogP contribution < -0.4 is 0 Å². The van der Waals surface area contributed by atoms with Crippen LogP contribution >= 0.6 is 0 Å². The highest BCUT2D eigenvalue weighted by Gasteiger charge is 2.48. The van der Waals surface area contributed by atoms with E-state index in [1.807, 2.05) is 60.7 Å². The molecule has 3 atom stereocenters. The molecule has 0 aromatic heterocycles. The van der Waals surface area contributed by atoms with Crippen LogP contribution in [0.2, 0.25) is 0 Å². The number of cyclic esters (lactones) is 1. The van der Waals surface area contributed by atoms with Crippen molar-refractivity contribution in [2.24, 2.45) is 0 Å². The van der Waals surface area contributed by atoms with Gasteiger partial charge in [0.1, 0.15) is 12.1 Å². The number of hydrogen-bond donors (Lipinski definition) is 1. The minimum Gasteiger partial charge on any atom is -0.480 e. The second-order valence-electron chi connectivity index (χ2n) is 5.74. The molecule has 0 spiro atoms. The van der Waals surface area contributed by atoms with Crippen LogP contribution in [0.4, 0.5) is 4.79 Å². The Kier molecular flexibility index (Phi) is 4.51. The second-order valence-corrected chi connectivity index (χ2v) is 5.74. The molecule has 1 aliphatic rings. The summed E-state index contributed by atoms with van der Waals surface area (Å²) < 4.78 is 5.58. The first kappa shape index (κ1) is 16.1. The van der Waals surface area contributed by atoms with E-state index in [1.165, 1.54) is 4.90 Å². The Hall–Kier alpha value is -2.82. The zero-order chi connectivity index (χ0) is 17.1.